The molecule has 0 aromatic carbocycles. The maximum absolute atomic E-state index is 11.6. The van der Waals surface area contributed by atoms with Gasteiger partial charge in [0.05, 0.1) is 11.5 Å². The molecule has 0 aromatic rings. The van der Waals surface area contributed by atoms with Gasteiger partial charge in [-0.05, 0) is 33.0 Å². The van der Waals surface area contributed by atoms with Crippen molar-refractivity contribution < 1.29 is 8.42 Å². The summed E-state index contributed by atoms with van der Waals surface area (Å²) in [6, 6.07) is 0.335. The molecule has 0 aliphatic carbocycles. The van der Waals surface area contributed by atoms with Gasteiger partial charge in [-0.15, -0.1) is 0 Å². The van der Waals surface area contributed by atoms with Crippen LogP contribution in [-0.4, -0.2) is 74.5 Å². The Kier molecular flexibility index (Phi) is 4.31. The van der Waals surface area contributed by atoms with E-state index in [1.54, 1.807) is 0 Å². The fourth-order valence-electron chi connectivity index (χ4n) is 3.30. The second-order valence-electron chi connectivity index (χ2n) is 5.67. The normalized spacial score (nSPS) is 36.6. The molecule has 2 aliphatic rings. The van der Waals surface area contributed by atoms with E-state index in [0.29, 0.717) is 6.04 Å². The monoisotopic (exact) mass is 275 g/mol. The Morgan fingerprint density at radius 2 is 2.11 bits per heavy atom. The highest BCUT2D eigenvalue weighted by molar-refractivity contribution is 7.91. The lowest BCUT2D eigenvalue weighted by atomic mass is 10.1. The van der Waals surface area contributed by atoms with Gasteiger partial charge >= 0.3 is 0 Å². The summed E-state index contributed by atoms with van der Waals surface area (Å²) in [7, 11) is -0.911. The van der Waals surface area contributed by atoms with E-state index in [1.807, 2.05) is 7.05 Å². The number of hydrogen-bond donors (Lipinski definition) is 1. The third-order valence-electron chi connectivity index (χ3n) is 4.34. The van der Waals surface area contributed by atoms with Crippen molar-refractivity contribution >= 4 is 9.84 Å². The molecule has 2 N–H and O–H groups in total. The van der Waals surface area contributed by atoms with E-state index in [9.17, 15) is 8.42 Å². The van der Waals surface area contributed by atoms with E-state index in [1.165, 1.54) is 19.4 Å². The lowest BCUT2D eigenvalue weighted by Gasteiger charge is -2.32. The molecule has 18 heavy (non-hydrogen) atoms. The Labute approximate surface area is 110 Å². The minimum Gasteiger partial charge on any atom is -0.325 e. The first-order chi connectivity index (χ1) is 8.43. The largest absolute Gasteiger partial charge is 0.325 e. The van der Waals surface area contributed by atoms with Crippen molar-refractivity contribution in [3.8, 4) is 0 Å². The molecule has 0 radical (unpaired) electrons. The zero-order valence-corrected chi connectivity index (χ0v) is 12.2. The molecule has 0 saturated carbocycles. The van der Waals surface area contributed by atoms with Gasteiger partial charge in [0.2, 0.25) is 0 Å². The van der Waals surface area contributed by atoms with Crippen molar-refractivity contribution in [1.29, 1.82) is 0 Å². The smallest absolute Gasteiger partial charge is 0.153 e. The molecule has 6 heteroatoms. The number of hydrogen-bond acceptors (Lipinski definition) is 5. The van der Waals surface area contributed by atoms with Crippen molar-refractivity contribution in [3.05, 3.63) is 0 Å². The number of sulfone groups is 1. The second-order valence-corrected chi connectivity index (χ2v) is 7.83. The lowest BCUT2D eigenvalue weighted by molar-refractivity contribution is 0.165. The summed E-state index contributed by atoms with van der Waals surface area (Å²) >= 11 is 0. The van der Waals surface area contributed by atoms with Gasteiger partial charge in [-0.3, -0.25) is 9.80 Å². The molecule has 2 fully saturated rings. The minimum atomic E-state index is -2.92. The molecule has 5 nitrogen and oxygen atoms in total. The molecule has 0 amide bonds. The molecule has 3 atom stereocenters. The highest BCUT2D eigenvalue weighted by atomic mass is 32.2. The van der Waals surface area contributed by atoms with Crippen LogP contribution in [0.15, 0.2) is 0 Å². The summed E-state index contributed by atoms with van der Waals surface area (Å²) in [5.74, 6) is 0.369. The molecule has 2 heterocycles. The first-order valence-electron chi connectivity index (χ1n) is 6.83. The number of rotatable bonds is 4. The van der Waals surface area contributed by atoms with Gasteiger partial charge in [0, 0.05) is 24.7 Å². The quantitative estimate of drug-likeness (QED) is 0.751. The number of likely N-dealkylation sites (N-methyl/N-ethyl adjacent to an activating group) is 2. The Bertz CT molecular complexity index is 385. The van der Waals surface area contributed by atoms with E-state index in [2.05, 4.69) is 16.7 Å². The van der Waals surface area contributed by atoms with Gasteiger partial charge in [-0.2, -0.15) is 0 Å². The van der Waals surface area contributed by atoms with Crippen molar-refractivity contribution in [2.45, 2.75) is 37.9 Å². The zero-order chi connectivity index (χ0) is 13.3. The van der Waals surface area contributed by atoms with Crippen molar-refractivity contribution in [3.63, 3.8) is 0 Å². The summed E-state index contributed by atoms with van der Waals surface area (Å²) in [4.78, 5) is 4.64. The lowest BCUT2D eigenvalue weighted by Crippen LogP contribution is -2.49. The Morgan fingerprint density at radius 3 is 2.67 bits per heavy atom. The molecule has 2 rings (SSSR count). The maximum atomic E-state index is 11.6. The van der Waals surface area contributed by atoms with Crippen LogP contribution in [-0.2, 0) is 9.84 Å². The third-order valence-corrected chi connectivity index (χ3v) is 6.08. The van der Waals surface area contributed by atoms with Gasteiger partial charge in [0.25, 0.3) is 0 Å². The molecule has 106 valence electrons. The fraction of sp³-hybridized carbons (Fsp3) is 1.00. The topological polar surface area (TPSA) is 66.6 Å². The minimum absolute atomic E-state index is 0.00527. The molecule has 0 aromatic heterocycles. The summed E-state index contributed by atoms with van der Waals surface area (Å²) in [6.45, 7) is 5.36. The second kappa shape index (κ2) is 5.45. The average molecular weight is 275 g/mol. The molecular weight excluding hydrogens is 250 g/mol. The standard InChI is InChI=1S/C12H25N3O2S/c1-3-15-6-4-5-10(15)7-14(2)12-9-18(16,17)8-11(12)13/h10-12H,3-9,13H2,1-2H3. The van der Waals surface area contributed by atoms with Crippen LogP contribution >= 0.6 is 0 Å². The highest BCUT2D eigenvalue weighted by Gasteiger charge is 2.38. The molecular formula is C12H25N3O2S. The van der Waals surface area contributed by atoms with E-state index >= 15 is 0 Å². The Morgan fingerprint density at radius 1 is 1.39 bits per heavy atom. The van der Waals surface area contributed by atoms with Crippen LogP contribution in [0.4, 0.5) is 0 Å². The summed E-state index contributed by atoms with van der Waals surface area (Å²) < 4.78 is 23.2. The van der Waals surface area contributed by atoms with Gasteiger partial charge in [-0.1, -0.05) is 6.92 Å². The van der Waals surface area contributed by atoms with Crippen molar-refractivity contribution in [1.82, 2.24) is 9.80 Å². The van der Waals surface area contributed by atoms with Gasteiger partial charge in [-0.25, -0.2) is 8.42 Å². The van der Waals surface area contributed by atoms with Gasteiger partial charge in [0.15, 0.2) is 9.84 Å². The summed E-state index contributed by atoms with van der Waals surface area (Å²) in [5.41, 5.74) is 5.96. The zero-order valence-electron chi connectivity index (χ0n) is 11.4. The van der Waals surface area contributed by atoms with Crippen LogP contribution in [0.2, 0.25) is 0 Å². The van der Waals surface area contributed by atoms with Crippen LogP contribution < -0.4 is 5.73 Å². The van der Waals surface area contributed by atoms with E-state index in [-0.39, 0.29) is 23.6 Å². The predicted octanol–water partition coefficient (Wildman–Crippen LogP) is -0.473. The first-order valence-corrected chi connectivity index (χ1v) is 8.65. The Balaban J connectivity index is 1.94. The van der Waals surface area contributed by atoms with Crippen LogP contribution in [0.1, 0.15) is 19.8 Å². The van der Waals surface area contributed by atoms with Crippen LogP contribution in [0, 0.1) is 0 Å². The Hall–Kier alpha value is -0.170. The molecule has 2 aliphatic heterocycles. The first kappa shape index (κ1) is 14.2. The molecule has 3 unspecified atom stereocenters. The van der Waals surface area contributed by atoms with Crippen molar-refractivity contribution in [2.24, 2.45) is 5.73 Å². The fourth-order valence-corrected chi connectivity index (χ4v) is 5.26. The number of nitrogens with zero attached hydrogens (tertiary/aromatic N) is 2. The van der Waals surface area contributed by atoms with Crippen LogP contribution in [0.5, 0.6) is 0 Å². The average Bonchev–Trinajstić information content (AvgIpc) is 2.82. The number of likely N-dealkylation sites (tertiary alicyclic amines) is 1. The maximum Gasteiger partial charge on any atom is 0.153 e. The number of nitrogens with two attached hydrogens (primary N) is 1. The van der Waals surface area contributed by atoms with Crippen LogP contribution in [0.25, 0.3) is 0 Å². The molecule has 2 saturated heterocycles. The van der Waals surface area contributed by atoms with Gasteiger partial charge in [0.1, 0.15) is 0 Å². The van der Waals surface area contributed by atoms with Crippen molar-refractivity contribution in [2.75, 3.05) is 38.2 Å². The van der Waals surface area contributed by atoms with Gasteiger partial charge < -0.3 is 5.73 Å². The summed E-state index contributed by atoms with van der Waals surface area (Å²) in [5, 5.41) is 0. The molecule has 0 spiro atoms. The van der Waals surface area contributed by atoms with E-state index in [0.717, 1.165) is 13.1 Å². The highest BCUT2D eigenvalue weighted by Crippen LogP contribution is 2.21. The van der Waals surface area contributed by atoms with Crippen LogP contribution in [0.3, 0.4) is 0 Å². The molecule has 0 bridgehead atoms. The third kappa shape index (κ3) is 3.04. The van der Waals surface area contributed by atoms with E-state index < -0.39 is 9.84 Å². The predicted molar refractivity (Wildman–Crippen MR) is 73.3 cm³/mol. The SMILES string of the molecule is CCN1CCCC1CN(C)C1CS(=O)(=O)CC1N. The van der Waals surface area contributed by atoms with E-state index in [4.69, 9.17) is 5.73 Å². The summed E-state index contributed by atoms with van der Waals surface area (Å²) in [6.07, 6.45) is 2.47.